The molecule has 8 heteroatoms. The fourth-order valence-corrected chi connectivity index (χ4v) is 1.77. The van der Waals surface area contributed by atoms with Crippen LogP contribution in [-0.4, -0.2) is 54.1 Å². The molecule has 0 aliphatic rings. The van der Waals surface area contributed by atoms with Gasteiger partial charge in [-0.05, 0) is 20.8 Å². The second kappa shape index (κ2) is 7.46. The molecule has 1 aromatic rings. The average molecular weight is 281 g/mol. The number of nitrogens with zero attached hydrogens (tertiary/aromatic N) is 5. The molecule has 0 aromatic carbocycles. The summed E-state index contributed by atoms with van der Waals surface area (Å²) in [6, 6.07) is 0. The number of likely N-dealkylation sites (N-methyl/N-ethyl adjacent to an activating group) is 1. The van der Waals surface area contributed by atoms with Gasteiger partial charge in [-0.3, -0.25) is 4.79 Å². The van der Waals surface area contributed by atoms with Crippen molar-refractivity contribution in [1.29, 1.82) is 0 Å². The predicted molar refractivity (Wildman–Crippen MR) is 80.0 cm³/mol. The lowest BCUT2D eigenvalue weighted by molar-refractivity contribution is -0.116. The first-order valence-electron chi connectivity index (χ1n) is 6.77. The number of carbonyl (C=O) groups excluding carboxylic acids is 1. The quantitative estimate of drug-likeness (QED) is 0.695. The minimum atomic E-state index is -0.414. The number of rotatable bonds is 8. The Balaban J connectivity index is 3.17. The molecule has 112 valence electrons. The highest BCUT2D eigenvalue weighted by Crippen LogP contribution is 2.16. The Morgan fingerprint density at radius 3 is 1.95 bits per heavy atom. The molecule has 0 unspecified atom stereocenters. The summed E-state index contributed by atoms with van der Waals surface area (Å²) >= 11 is 0. The number of carbonyl (C=O) groups is 1. The minimum absolute atomic E-state index is 0.0847. The van der Waals surface area contributed by atoms with Crippen LogP contribution in [0.3, 0.4) is 0 Å². The number of nitrogens with one attached hydrogen (secondary N) is 1. The third-order valence-corrected chi connectivity index (χ3v) is 2.89. The summed E-state index contributed by atoms with van der Waals surface area (Å²) in [6.07, 6.45) is 0. The monoisotopic (exact) mass is 281 g/mol. The summed E-state index contributed by atoms with van der Waals surface area (Å²) in [7, 11) is 1.75. The van der Waals surface area contributed by atoms with E-state index in [1.165, 1.54) is 0 Å². The zero-order chi connectivity index (χ0) is 15.1. The smallest absolute Gasteiger partial charge is 0.237 e. The van der Waals surface area contributed by atoms with Crippen molar-refractivity contribution in [2.45, 2.75) is 20.8 Å². The summed E-state index contributed by atoms with van der Waals surface area (Å²) < 4.78 is 0. The van der Waals surface area contributed by atoms with Gasteiger partial charge in [0.1, 0.15) is 0 Å². The Labute approximate surface area is 119 Å². The fraction of sp³-hybridized carbons (Fsp3) is 0.667. The molecule has 0 fully saturated rings. The fourth-order valence-electron chi connectivity index (χ4n) is 1.77. The van der Waals surface area contributed by atoms with Gasteiger partial charge in [-0.1, -0.05) is 0 Å². The summed E-state index contributed by atoms with van der Waals surface area (Å²) in [6.45, 7) is 8.26. The first-order chi connectivity index (χ1) is 9.55. The van der Waals surface area contributed by atoms with Crippen molar-refractivity contribution in [2.75, 3.05) is 48.3 Å². The van der Waals surface area contributed by atoms with Crippen molar-refractivity contribution in [3.05, 3.63) is 0 Å². The predicted octanol–water partition coefficient (Wildman–Crippen LogP) is 0.0711. The van der Waals surface area contributed by atoms with Crippen LogP contribution >= 0.6 is 0 Å². The van der Waals surface area contributed by atoms with E-state index >= 15 is 0 Å². The number of nitrogens with two attached hydrogens (primary N) is 1. The van der Waals surface area contributed by atoms with E-state index in [0.29, 0.717) is 24.4 Å². The van der Waals surface area contributed by atoms with Gasteiger partial charge < -0.3 is 20.9 Å². The van der Waals surface area contributed by atoms with Crippen LogP contribution in [0.15, 0.2) is 0 Å². The van der Waals surface area contributed by atoms with Gasteiger partial charge in [-0.25, -0.2) is 0 Å². The zero-order valence-electron chi connectivity index (χ0n) is 12.6. The Hall–Kier alpha value is -2.12. The zero-order valence-corrected chi connectivity index (χ0v) is 12.6. The average Bonchev–Trinajstić information content (AvgIpc) is 2.45. The summed E-state index contributed by atoms with van der Waals surface area (Å²) in [4.78, 5) is 27.9. The Morgan fingerprint density at radius 1 is 1.05 bits per heavy atom. The van der Waals surface area contributed by atoms with E-state index in [0.717, 1.165) is 13.1 Å². The maximum absolute atomic E-state index is 11.1. The lowest BCUT2D eigenvalue weighted by Crippen LogP contribution is -2.35. The van der Waals surface area contributed by atoms with Crippen LogP contribution in [0, 0.1) is 0 Å². The van der Waals surface area contributed by atoms with E-state index in [1.54, 1.807) is 11.9 Å². The second-order valence-corrected chi connectivity index (χ2v) is 4.16. The van der Waals surface area contributed by atoms with Gasteiger partial charge in [-0.2, -0.15) is 15.0 Å². The Morgan fingerprint density at radius 2 is 1.55 bits per heavy atom. The molecule has 0 bridgehead atoms. The largest absolute Gasteiger partial charge is 0.368 e. The third-order valence-electron chi connectivity index (χ3n) is 2.89. The summed E-state index contributed by atoms with van der Waals surface area (Å²) in [5.74, 6) is 1.10. The van der Waals surface area contributed by atoms with Crippen molar-refractivity contribution in [1.82, 2.24) is 15.0 Å². The molecule has 8 nitrogen and oxygen atoms in total. The van der Waals surface area contributed by atoms with E-state index in [-0.39, 0.29) is 6.54 Å². The number of hydrogen-bond acceptors (Lipinski definition) is 7. The van der Waals surface area contributed by atoms with Crippen LogP contribution in [0.5, 0.6) is 0 Å². The first-order valence-corrected chi connectivity index (χ1v) is 6.77. The molecule has 0 radical (unpaired) electrons. The SMILES string of the molecule is CCN(CC)c1nc(NC)nc(N(CC)CC(N)=O)n1. The number of anilines is 3. The molecule has 1 rings (SSSR count). The minimum Gasteiger partial charge on any atom is -0.368 e. The number of primary amides is 1. The maximum atomic E-state index is 11.1. The van der Waals surface area contributed by atoms with E-state index in [4.69, 9.17) is 5.73 Å². The van der Waals surface area contributed by atoms with Crippen molar-refractivity contribution in [2.24, 2.45) is 5.73 Å². The molecule has 0 saturated heterocycles. The molecule has 0 spiro atoms. The molecule has 20 heavy (non-hydrogen) atoms. The number of aromatic nitrogens is 3. The highest BCUT2D eigenvalue weighted by atomic mass is 16.1. The molecule has 0 atom stereocenters. The van der Waals surface area contributed by atoms with E-state index < -0.39 is 5.91 Å². The van der Waals surface area contributed by atoms with Crippen LogP contribution < -0.4 is 20.9 Å². The number of hydrogen-bond donors (Lipinski definition) is 2. The second-order valence-electron chi connectivity index (χ2n) is 4.16. The van der Waals surface area contributed by atoms with Crippen molar-refractivity contribution < 1.29 is 4.79 Å². The first kappa shape index (κ1) is 15.9. The molecular formula is C12H23N7O. The van der Waals surface area contributed by atoms with Crippen molar-refractivity contribution in [3.63, 3.8) is 0 Å². The summed E-state index contributed by atoms with van der Waals surface area (Å²) in [5, 5.41) is 2.91. The lowest BCUT2D eigenvalue weighted by atomic mass is 10.5. The Kier molecular flexibility index (Phi) is 5.95. The maximum Gasteiger partial charge on any atom is 0.237 e. The highest BCUT2D eigenvalue weighted by molar-refractivity contribution is 5.78. The van der Waals surface area contributed by atoms with Crippen molar-refractivity contribution in [3.8, 4) is 0 Å². The molecular weight excluding hydrogens is 258 g/mol. The number of amides is 1. The third kappa shape index (κ3) is 3.94. The van der Waals surface area contributed by atoms with E-state index in [9.17, 15) is 4.79 Å². The molecule has 1 amide bonds. The van der Waals surface area contributed by atoms with Crippen LogP contribution in [0.25, 0.3) is 0 Å². The standard InChI is InChI=1S/C12H23N7O/c1-5-18(6-2)11-15-10(14-4)16-12(17-11)19(7-3)8-9(13)20/h5-8H2,1-4H3,(H2,13,20)(H,14,15,16,17). The molecule has 0 saturated carbocycles. The van der Waals surface area contributed by atoms with Crippen LogP contribution in [-0.2, 0) is 4.79 Å². The lowest BCUT2D eigenvalue weighted by Gasteiger charge is -2.23. The van der Waals surface area contributed by atoms with Gasteiger partial charge in [0.2, 0.25) is 23.8 Å². The van der Waals surface area contributed by atoms with Gasteiger partial charge in [0.25, 0.3) is 0 Å². The van der Waals surface area contributed by atoms with Crippen LogP contribution in [0.2, 0.25) is 0 Å². The van der Waals surface area contributed by atoms with Gasteiger partial charge >= 0.3 is 0 Å². The normalized spacial score (nSPS) is 10.2. The van der Waals surface area contributed by atoms with Gasteiger partial charge in [0.05, 0.1) is 6.54 Å². The molecule has 0 aliphatic carbocycles. The molecule has 1 heterocycles. The topological polar surface area (TPSA) is 100 Å². The van der Waals surface area contributed by atoms with Crippen LogP contribution in [0.1, 0.15) is 20.8 Å². The van der Waals surface area contributed by atoms with E-state index in [2.05, 4.69) is 20.3 Å². The van der Waals surface area contributed by atoms with Crippen LogP contribution in [0.4, 0.5) is 17.8 Å². The Bertz CT molecular complexity index is 447. The molecule has 3 N–H and O–H groups in total. The van der Waals surface area contributed by atoms with Crippen molar-refractivity contribution >= 4 is 23.8 Å². The summed E-state index contributed by atoms with van der Waals surface area (Å²) in [5.41, 5.74) is 5.25. The highest BCUT2D eigenvalue weighted by Gasteiger charge is 2.16. The molecule has 0 aliphatic heterocycles. The van der Waals surface area contributed by atoms with Gasteiger partial charge in [0, 0.05) is 26.7 Å². The van der Waals surface area contributed by atoms with E-state index in [1.807, 2.05) is 25.7 Å². The molecule has 1 aromatic heterocycles. The van der Waals surface area contributed by atoms with Gasteiger partial charge in [-0.15, -0.1) is 0 Å². The van der Waals surface area contributed by atoms with Gasteiger partial charge in [0.15, 0.2) is 0 Å².